The van der Waals surface area contributed by atoms with Gasteiger partial charge in [-0.15, -0.1) is 10.2 Å². The van der Waals surface area contributed by atoms with Gasteiger partial charge in [0, 0.05) is 68.1 Å². The summed E-state index contributed by atoms with van der Waals surface area (Å²) in [4.78, 5) is 21.1. The third kappa shape index (κ3) is 13.9. The zero-order chi connectivity index (χ0) is 38.6. The fourth-order valence-corrected chi connectivity index (χ4v) is 6.52. The average Bonchev–Trinajstić information content (AvgIpc) is 3.72. The Morgan fingerprint density at radius 2 is 1.49 bits per heavy atom. The van der Waals surface area contributed by atoms with E-state index in [1.165, 1.54) is 7.11 Å². The fourth-order valence-electron chi connectivity index (χ4n) is 6.52. The van der Waals surface area contributed by atoms with Crippen molar-refractivity contribution in [3.63, 3.8) is 0 Å². The molecule has 298 valence electrons. The number of likely N-dealkylation sites (tertiary alicyclic amines) is 1. The molecule has 55 heavy (non-hydrogen) atoms. The number of rotatable bonds is 25. The molecule has 3 N–H and O–H groups in total. The molecule has 0 saturated carbocycles. The van der Waals surface area contributed by atoms with Crippen LogP contribution in [-0.2, 0) is 29.3 Å². The molecule has 13 nitrogen and oxygen atoms in total. The average molecular weight is 758 g/mol. The van der Waals surface area contributed by atoms with E-state index in [1.54, 1.807) is 12.4 Å². The number of unbranched alkanes of at least 4 members (excludes halogenated alkanes) is 3. The topological polar surface area (TPSA) is 145 Å². The van der Waals surface area contributed by atoms with E-state index in [2.05, 4.69) is 96.9 Å². The highest BCUT2D eigenvalue weighted by Crippen LogP contribution is 2.36. The molecule has 0 aliphatic carbocycles. The molecular formula is C42H59N7O6. The number of nitrogens with one attached hydrogen (secondary N) is 3. The van der Waals surface area contributed by atoms with Crippen molar-refractivity contribution >= 4 is 17.3 Å². The molecule has 0 bridgehead atoms. The number of benzene rings is 2. The first-order chi connectivity index (χ1) is 26.9. The third-order valence-electron chi connectivity index (χ3n) is 9.81. The molecule has 0 spiro atoms. The normalized spacial score (nSPS) is 14.7. The highest BCUT2D eigenvalue weighted by atomic mass is 16.5. The number of carbonyl (C=O) groups excluding carboxylic acids is 1. The van der Waals surface area contributed by atoms with Gasteiger partial charge in [-0.3, -0.25) is 9.78 Å². The Balaban J connectivity index is 0.988. The molecule has 1 fully saturated rings. The van der Waals surface area contributed by atoms with Gasteiger partial charge in [-0.05, 0) is 101 Å². The molecule has 2 aromatic carbocycles. The smallest absolute Gasteiger partial charge is 0.305 e. The molecule has 1 aliphatic heterocycles. The maximum absolute atomic E-state index is 11.1. The Hall–Kier alpha value is -4.56. The summed E-state index contributed by atoms with van der Waals surface area (Å²) in [7, 11) is 3.56. The minimum Gasteiger partial charge on any atom is -0.494 e. The van der Waals surface area contributed by atoms with E-state index >= 15 is 0 Å². The van der Waals surface area contributed by atoms with Crippen LogP contribution in [-0.4, -0.2) is 105 Å². The Kier molecular flexibility index (Phi) is 17.2. The number of H-pyrrole nitrogens is 1. The highest BCUT2D eigenvalue weighted by Gasteiger charge is 2.39. The van der Waals surface area contributed by atoms with Gasteiger partial charge in [-0.25, -0.2) is 0 Å². The number of hydrogen-bond acceptors (Lipinski definition) is 12. The molecular weight excluding hydrogens is 699 g/mol. The molecule has 4 aromatic rings. The number of pyridine rings is 1. The minimum atomic E-state index is -0.364. The second kappa shape index (κ2) is 22.7. The van der Waals surface area contributed by atoms with Crippen molar-refractivity contribution < 1.29 is 28.5 Å². The maximum Gasteiger partial charge on any atom is 0.305 e. The van der Waals surface area contributed by atoms with Crippen molar-refractivity contribution in [2.24, 2.45) is 0 Å². The van der Waals surface area contributed by atoms with Crippen LogP contribution in [0.2, 0.25) is 0 Å². The summed E-state index contributed by atoms with van der Waals surface area (Å²) in [6, 6.07) is 20.8. The van der Waals surface area contributed by atoms with Gasteiger partial charge in [-0.1, -0.05) is 24.6 Å². The largest absolute Gasteiger partial charge is 0.494 e. The number of methoxy groups -OCH3 is 1. The number of esters is 1. The van der Waals surface area contributed by atoms with E-state index in [-0.39, 0.29) is 17.6 Å². The zero-order valence-corrected chi connectivity index (χ0v) is 32.8. The quantitative estimate of drug-likeness (QED) is 0.0472. The summed E-state index contributed by atoms with van der Waals surface area (Å²) < 4.78 is 27.4. The van der Waals surface area contributed by atoms with Crippen molar-refractivity contribution in [1.29, 1.82) is 0 Å². The fraction of sp³-hybridized carbons (Fsp3) is 0.524. The van der Waals surface area contributed by atoms with Gasteiger partial charge in [-0.2, -0.15) is 0 Å². The van der Waals surface area contributed by atoms with Crippen LogP contribution < -0.4 is 15.4 Å². The van der Waals surface area contributed by atoms with Crippen LogP contribution in [0, 0.1) is 0 Å². The molecule has 1 aliphatic rings. The van der Waals surface area contributed by atoms with E-state index in [1.807, 2.05) is 18.2 Å². The first kappa shape index (κ1) is 41.6. The lowest BCUT2D eigenvalue weighted by Crippen LogP contribution is -2.46. The zero-order valence-electron chi connectivity index (χ0n) is 32.8. The number of aromatic nitrogens is 4. The Morgan fingerprint density at radius 1 is 0.818 bits per heavy atom. The number of carbonyl (C=O) groups is 1. The lowest BCUT2D eigenvalue weighted by molar-refractivity contribution is -0.141. The van der Waals surface area contributed by atoms with Crippen LogP contribution >= 0.6 is 0 Å². The van der Waals surface area contributed by atoms with Crippen molar-refractivity contribution in [2.75, 3.05) is 84.1 Å². The Labute approximate surface area is 325 Å². The van der Waals surface area contributed by atoms with Gasteiger partial charge in [0.1, 0.15) is 5.75 Å². The first-order valence-corrected chi connectivity index (χ1v) is 19.6. The van der Waals surface area contributed by atoms with Crippen LogP contribution in [0.25, 0.3) is 11.4 Å². The maximum atomic E-state index is 11.1. The van der Waals surface area contributed by atoms with Gasteiger partial charge in [0.15, 0.2) is 11.6 Å². The number of anilines is 2. The van der Waals surface area contributed by atoms with Crippen molar-refractivity contribution in [2.45, 2.75) is 69.9 Å². The van der Waals surface area contributed by atoms with Crippen LogP contribution in [0.4, 0.5) is 11.4 Å². The Morgan fingerprint density at radius 3 is 2.24 bits per heavy atom. The lowest BCUT2D eigenvalue weighted by Gasteiger charge is -2.40. The van der Waals surface area contributed by atoms with Gasteiger partial charge in [0.25, 0.3) is 0 Å². The number of piperidine rings is 1. The van der Waals surface area contributed by atoms with E-state index in [4.69, 9.17) is 18.9 Å². The molecule has 0 unspecified atom stereocenters. The number of hydrogen-bond donors (Lipinski definition) is 3. The van der Waals surface area contributed by atoms with Crippen LogP contribution in [0.5, 0.6) is 5.75 Å². The number of ether oxygens (including phenoxy) is 5. The molecule has 1 saturated heterocycles. The second-order valence-corrected chi connectivity index (χ2v) is 14.1. The summed E-state index contributed by atoms with van der Waals surface area (Å²) in [5.74, 6) is 2.28. The third-order valence-corrected chi connectivity index (χ3v) is 9.81. The minimum absolute atomic E-state index is 0.0799. The summed E-state index contributed by atoms with van der Waals surface area (Å²) in [5.41, 5.74) is 3.83. The molecule has 0 radical (unpaired) electrons. The molecule has 0 amide bonds. The first-order valence-electron chi connectivity index (χ1n) is 19.6. The van der Waals surface area contributed by atoms with Gasteiger partial charge in [0.2, 0.25) is 0 Å². The summed E-state index contributed by atoms with van der Waals surface area (Å²) in [5, 5.41) is 16.7. The van der Waals surface area contributed by atoms with E-state index in [0.29, 0.717) is 52.5 Å². The van der Waals surface area contributed by atoms with Gasteiger partial charge in [0.05, 0.1) is 45.7 Å². The monoisotopic (exact) mass is 757 g/mol. The predicted molar refractivity (Wildman–Crippen MR) is 214 cm³/mol. The molecule has 1 atom stereocenters. The summed E-state index contributed by atoms with van der Waals surface area (Å²) >= 11 is 0. The highest BCUT2D eigenvalue weighted by molar-refractivity contribution is 5.69. The summed E-state index contributed by atoms with van der Waals surface area (Å²) in [6.07, 6.45) is 10.6. The van der Waals surface area contributed by atoms with Crippen molar-refractivity contribution in [3.8, 4) is 17.1 Å². The van der Waals surface area contributed by atoms with Crippen LogP contribution in [0.3, 0.4) is 0 Å². The van der Waals surface area contributed by atoms with E-state index in [0.717, 1.165) is 98.1 Å². The molecule has 2 aromatic heterocycles. The lowest BCUT2D eigenvalue weighted by atomic mass is 9.86. The Bertz CT molecular complexity index is 1680. The molecule has 13 heteroatoms. The van der Waals surface area contributed by atoms with E-state index < -0.39 is 0 Å². The van der Waals surface area contributed by atoms with Crippen LogP contribution in [0.1, 0.15) is 75.7 Å². The van der Waals surface area contributed by atoms with Crippen molar-refractivity contribution in [1.82, 2.24) is 25.1 Å². The van der Waals surface area contributed by atoms with Gasteiger partial charge < -0.3 is 44.2 Å². The number of aromatic amines is 1. The van der Waals surface area contributed by atoms with E-state index in [9.17, 15) is 4.79 Å². The van der Waals surface area contributed by atoms with Gasteiger partial charge >= 0.3 is 5.97 Å². The summed E-state index contributed by atoms with van der Waals surface area (Å²) in [6.45, 7) is 8.19. The predicted octanol–water partition coefficient (Wildman–Crippen LogP) is 7.02. The second-order valence-electron chi connectivity index (χ2n) is 14.1. The SMILES string of the molecule is COC(=O)CCCOCCOCCOCCCCCCOc1cccc([C@@H](C)Nc2cccc(NC3(c4nnc(-c5ccncc5)[nH]4)CCN(C)CC3)c2)c1. The van der Waals surface area contributed by atoms with Crippen molar-refractivity contribution in [3.05, 3.63) is 84.4 Å². The molecule has 5 rings (SSSR count). The van der Waals surface area contributed by atoms with Crippen LogP contribution in [0.15, 0.2) is 73.1 Å². The molecule has 3 heterocycles. The number of nitrogens with zero attached hydrogens (tertiary/aromatic N) is 4. The standard InChI is InChI=1S/C42H59N7O6/c1-33(35-11-8-14-38(31-35)55-26-7-5-4-6-24-52-27-29-54-30-28-53-25-10-15-39(50)51-3)44-36-12-9-13-37(32-36)46-42(18-22-49(2)23-19-42)41-45-40(47-48-41)34-16-20-43-21-17-34/h8-9,11-14,16-17,20-21,31-33,44,46H,4-7,10,15,18-19,22-30H2,1-3H3,(H,45,47,48)/t33-/m1/s1.